The van der Waals surface area contributed by atoms with Gasteiger partial charge >= 0.3 is 6.03 Å². The van der Waals surface area contributed by atoms with Crippen molar-refractivity contribution in [2.45, 2.75) is 43.7 Å². The zero-order chi connectivity index (χ0) is 15.7. The Morgan fingerprint density at radius 2 is 2.09 bits per heavy atom. The second-order valence-corrected chi connectivity index (χ2v) is 6.24. The maximum atomic E-state index is 12.8. The predicted molar refractivity (Wildman–Crippen MR) is 78.6 cm³/mol. The number of carbonyl (C=O) groups excluding carboxylic acids is 1. The van der Waals surface area contributed by atoms with Crippen molar-refractivity contribution in [1.29, 1.82) is 0 Å². The van der Waals surface area contributed by atoms with Crippen molar-refractivity contribution in [3.05, 3.63) is 28.8 Å². The molecule has 120 valence electrons. The van der Waals surface area contributed by atoms with Gasteiger partial charge in [0.25, 0.3) is 5.92 Å². The van der Waals surface area contributed by atoms with Gasteiger partial charge in [0.1, 0.15) is 5.75 Å². The van der Waals surface area contributed by atoms with E-state index in [4.69, 9.17) is 16.3 Å². The monoisotopic (exact) mass is 330 g/mol. The van der Waals surface area contributed by atoms with E-state index in [9.17, 15) is 13.6 Å². The summed E-state index contributed by atoms with van der Waals surface area (Å²) in [6.07, 6.45) is 0.933. The van der Waals surface area contributed by atoms with Crippen molar-refractivity contribution in [1.82, 2.24) is 10.6 Å². The number of benzene rings is 1. The second kappa shape index (κ2) is 5.91. The summed E-state index contributed by atoms with van der Waals surface area (Å²) < 4.78 is 31.2. The van der Waals surface area contributed by atoms with E-state index in [2.05, 4.69) is 10.6 Å². The van der Waals surface area contributed by atoms with E-state index >= 15 is 0 Å². The van der Waals surface area contributed by atoms with Crippen LogP contribution in [0.1, 0.15) is 37.3 Å². The molecule has 1 unspecified atom stereocenters. The number of fused-ring (bicyclic) bond motifs is 1. The highest BCUT2D eigenvalue weighted by Crippen LogP contribution is 2.37. The average Bonchev–Trinajstić information content (AvgIpc) is 2.58. The first-order chi connectivity index (χ1) is 10.4. The number of urea groups is 1. The Morgan fingerprint density at radius 1 is 1.32 bits per heavy atom. The van der Waals surface area contributed by atoms with Crippen LogP contribution >= 0.6 is 11.6 Å². The number of halogens is 3. The molecule has 2 aliphatic rings. The molecule has 1 aromatic rings. The van der Waals surface area contributed by atoms with Crippen LogP contribution in [-0.2, 0) is 0 Å². The van der Waals surface area contributed by atoms with Crippen LogP contribution in [0.4, 0.5) is 13.6 Å². The Bertz CT molecular complexity index is 575. The molecule has 0 spiro atoms. The second-order valence-electron chi connectivity index (χ2n) is 5.80. The molecule has 7 heteroatoms. The lowest BCUT2D eigenvalue weighted by Gasteiger charge is -2.35. The Hall–Kier alpha value is -1.56. The number of carbonyl (C=O) groups is 1. The highest BCUT2D eigenvalue weighted by Gasteiger charge is 2.46. The highest BCUT2D eigenvalue weighted by molar-refractivity contribution is 6.30. The summed E-state index contributed by atoms with van der Waals surface area (Å²) in [5.74, 6) is -1.98. The van der Waals surface area contributed by atoms with Gasteiger partial charge in [0.15, 0.2) is 0 Å². The van der Waals surface area contributed by atoms with E-state index in [-0.39, 0.29) is 18.9 Å². The SMILES string of the molecule is O=C(NC1CC(F)(F)C1)NC1CCCOc2cc(Cl)ccc21. The van der Waals surface area contributed by atoms with Gasteiger partial charge in [-0.3, -0.25) is 0 Å². The number of rotatable bonds is 2. The molecule has 1 atom stereocenters. The van der Waals surface area contributed by atoms with Gasteiger partial charge in [-0.05, 0) is 25.0 Å². The summed E-state index contributed by atoms with van der Waals surface area (Å²) in [6.45, 7) is 0.558. The Morgan fingerprint density at radius 3 is 2.82 bits per heavy atom. The Labute approximate surface area is 132 Å². The lowest BCUT2D eigenvalue weighted by atomic mass is 9.88. The summed E-state index contributed by atoms with van der Waals surface area (Å²) >= 11 is 5.95. The number of hydrogen-bond acceptors (Lipinski definition) is 2. The number of amides is 2. The molecular weight excluding hydrogens is 314 g/mol. The molecule has 0 bridgehead atoms. The van der Waals surface area contributed by atoms with E-state index < -0.39 is 18.0 Å². The fourth-order valence-corrected chi connectivity index (χ4v) is 3.01. The first-order valence-electron chi connectivity index (χ1n) is 7.30. The third-order valence-corrected chi connectivity index (χ3v) is 4.21. The van der Waals surface area contributed by atoms with Gasteiger partial charge in [0.2, 0.25) is 0 Å². The fraction of sp³-hybridized carbons (Fsp3) is 0.533. The summed E-state index contributed by atoms with van der Waals surface area (Å²) in [6, 6.07) is 4.20. The maximum Gasteiger partial charge on any atom is 0.315 e. The first kappa shape index (κ1) is 15.3. The van der Waals surface area contributed by atoms with Crippen LogP contribution in [0.25, 0.3) is 0 Å². The molecule has 22 heavy (non-hydrogen) atoms. The molecule has 1 aromatic carbocycles. The minimum absolute atomic E-state index is 0.213. The molecule has 1 aliphatic carbocycles. The first-order valence-corrected chi connectivity index (χ1v) is 7.68. The standard InChI is InChI=1S/C15H17ClF2N2O2/c16-9-3-4-11-12(2-1-5-22-13(11)6-9)20-14(21)19-10-7-15(17,18)8-10/h3-4,6,10,12H,1-2,5,7-8H2,(H2,19,20,21). The summed E-state index contributed by atoms with van der Waals surface area (Å²) in [5.41, 5.74) is 0.857. The largest absolute Gasteiger partial charge is 0.493 e. The van der Waals surface area contributed by atoms with Crippen molar-refractivity contribution < 1.29 is 18.3 Å². The number of alkyl halides is 2. The average molecular weight is 331 g/mol. The molecule has 4 nitrogen and oxygen atoms in total. The van der Waals surface area contributed by atoms with E-state index in [1.54, 1.807) is 12.1 Å². The summed E-state index contributed by atoms with van der Waals surface area (Å²) in [4.78, 5) is 12.0. The van der Waals surface area contributed by atoms with Crippen LogP contribution in [0, 0.1) is 0 Å². The molecule has 0 radical (unpaired) electrons. The molecule has 0 saturated heterocycles. The normalized spacial score (nSPS) is 23.5. The van der Waals surface area contributed by atoms with Gasteiger partial charge in [-0.1, -0.05) is 17.7 Å². The quantitative estimate of drug-likeness (QED) is 0.869. The van der Waals surface area contributed by atoms with Gasteiger partial charge in [-0.2, -0.15) is 0 Å². The van der Waals surface area contributed by atoms with E-state index in [0.29, 0.717) is 17.4 Å². The molecule has 1 fully saturated rings. The van der Waals surface area contributed by atoms with Crippen LogP contribution in [-0.4, -0.2) is 24.6 Å². The van der Waals surface area contributed by atoms with Gasteiger partial charge in [0.05, 0.1) is 12.6 Å². The van der Waals surface area contributed by atoms with Crippen molar-refractivity contribution in [2.75, 3.05) is 6.61 Å². The van der Waals surface area contributed by atoms with Crippen LogP contribution in [0.5, 0.6) is 5.75 Å². The van der Waals surface area contributed by atoms with Crippen molar-refractivity contribution in [3.8, 4) is 5.75 Å². The van der Waals surface area contributed by atoms with Crippen LogP contribution < -0.4 is 15.4 Å². The zero-order valence-electron chi connectivity index (χ0n) is 11.9. The lowest BCUT2D eigenvalue weighted by molar-refractivity contribution is -0.0896. The topological polar surface area (TPSA) is 50.4 Å². The molecule has 0 aromatic heterocycles. The smallest absolute Gasteiger partial charge is 0.315 e. The number of nitrogens with one attached hydrogen (secondary N) is 2. The molecule has 2 amide bonds. The van der Waals surface area contributed by atoms with Crippen molar-refractivity contribution in [3.63, 3.8) is 0 Å². The third-order valence-electron chi connectivity index (χ3n) is 3.98. The molecular formula is C15H17ClF2N2O2. The summed E-state index contributed by atoms with van der Waals surface area (Å²) in [5, 5.41) is 6.00. The summed E-state index contributed by atoms with van der Waals surface area (Å²) in [7, 11) is 0. The molecule has 1 saturated carbocycles. The molecule has 1 heterocycles. The van der Waals surface area contributed by atoms with Gasteiger partial charge in [-0.15, -0.1) is 0 Å². The van der Waals surface area contributed by atoms with E-state index in [1.165, 1.54) is 0 Å². The number of ether oxygens (including phenoxy) is 1. The lowest BCUT2D eigenvalue weighted by Crippen LogP contribution is -2.53. The van der Waals surface area contributed by atoms with E-state index in [0.717, 1.165) is 18.4 Å². The van der Waals surface area contributed by atoms with Gasteiger partial charge in [0, 0.05) is 29.5 Å². The van der Waals surface area contributed by atoms with Crippen LogP contribution in [0.2, 0.25) is 5.02 Å². The molecule has 2 N–H and O–H groups in total. The van der Waals surface area contributed by atoms with Crippen molar-refractivity contribution in [2.24, 2.45) is 0 Å². The Kier molecular flexibility index (Phi) is 4.12. The van der Waals surface area contributed by atoms with Crippen LogP contribution in [0.15, 0.2) is 18.2 Å². The Balaban J connectivity index is 1.63. The predicted octanol–water partition coefficient (Wildman–Crippen LogP) is 3.65. The fourth-order valence-electron chi connectivity index (χ4n) is 2.84. The molecule has 3 rings (SSSR count). The third kappa shape index (κ3) is 3.43. The zero-order valence-corrected chi connectivity index (χ0v) is 12.6. The number of hydrogen-bond donors (Lipinski definition) is 2. The minimum atomic E-state index is -2.64. The van der Waals surface area contributed by atoms with Gasteiger partial charge < -0.3 is 15.4 Å². The molecule has 1 aliphatic heterocycles. The minimum Gasteiger partial charge on any atom is -0.493 e. The van der Waals surface area contributed by atoms with Gasteiger partial charge in [-0.25, -0.2) is 13.6 Å². The van der Waals surface area contributed by atoms with Crippen LogP contribution in [0.3, 0.4) is 0 Å². The van der Waals surface area contributed by atoms with Crippen molar-refractivity contribution >= 4 is 17.6 Å². The maximum absolute atomic E-state index is 12.8. The highest BCUT2D eigenvalue weighted by atomic mass is 35.5. The van der Waals surface area contributed by atoms with E-state index in [1.807, 2.05) is 6.07 Å².